The molecule has 0 bridgehead atoms. The molecule has 2 N–H and O–H groups in total. The van der Waals surface area contributed by atoms with Gasteiger partial charge in [0.1, 0.15) is 5.54 Å². The maximum Gasteiger partial charge on any atom is 0.326 e. The molecule has 0 spiro atoms. The van der Waals surface area contributed by atoms with E-state index in [0.717, 1.165) is 19.3 Å². The molecular weight excluding hydrogens is 307 g/mol. The van der Waals surface area contributed by atoms with Crippen molar-refractivity contribution in [3.05, 3.63) is 0 Å². The van der Waals surface area contributed by atoms with Gasteiger partial charge in [0.05, 0.1) is 7.11 Å². The Labute approximate surface area is 105 Å². The summed E-state index contributed by atoms with van der Waals surface area (Å²) in [6, 6.07) is 0. The average molecular weight is 326 g/mol. The number of esters is 1. The van der Waals surface area contributed by atoms with Crippen molar-refractivity contribution in [3.63, 3.8) is 0 Å². The van der Waals surface area contributed by atoms with Crippen molar-refractivity contribution >= 4 is 35.0 Å². The van der Waals surface area contributed by atoms with Gasteiger partial charge in [0.2, 0.25) is 0 Å². The molecule has 4 nitrogen and oxygen atoms in total. The fourth-order valence-corrected chi connectivity index (χ4v) is 1.76. The van der Waals surface area contributed by atoms with Gasteiger partial charge in [-0.2, -0.15) is 0 Å². The van der Waals surface area contributed by atoms with Crippen molar-refractivity contribution in [2.24, 2.45) is 5.92 Å². The molecule has 0 amide bonds. The van der Waals surface area contributed by atoms with E-state index in [1.54, 1.807) is 0 Å². The summed E-state index contributed by atoms with van der Waals surface area (Å²) in [7, 11) is 1.40. The Bertz CT molecular complexity index is 223. The lowest BCUT2D eigenvalue weighted by molar-refractivity contribution is -0.147. The van der Waals surface area contributed by atoms with Gasteiger partial charge >= 0.3 is 5.97 Å². The predicted molar refractivity (Wildman–Crippen MR) is 69.4 cm³/mol. The molecule has 88 valence electrons. The van der Waals surface area contributed by atoms with Crippen LogP contribution in [-0.4, -0.2) is 24.8 Å². The standard InChI is InChI=1S/C10H19IN2O2/c1-8(7-12)5-4-6-10(2,13-11)9(14)15-3/h7-8,12-13H,4-6H2,1-3H3. The lowest BCUT2D eigenvalue weighted by Crippen LogP contribution is -2.45. The number of methoxy groups -OCH3 is 1. The highest BCUT2D eigenvalue weighted by molar-refractivity contribution is 14.1. The smallest absolute Gasteiger partial charge is 0.326 e. The first kappa shape index (κ1) is 14.8. The fourth-order valence-electron chi connectivity index (χ4n) is 1.27. The first-order valence-corrected chi connectivity index (χ1v) is 6.05. The third kappa shape index (κ3) is 4.92. The summed E-state index contributed by atoms with van der Waals surface area (Å²) in [6.45, 7) is 3.83. The number of rotatable bonds is 7. The van der Waals surface area contributed by atoms with E-state index in [4.69, 9.17) is 10.1 Å². The lowest BCUT2D eigenvalue weighted by atomic mass is 9.94. The molecule has 0 aliphatic rings. The van der Waals surface area contributed by atoms with E-state index < -0.39 is 5.54 Å². The number of carbonyl (C=O) groups excluding carboxylic acids is 1. The van der Waals surface area contributed by atoms with E-state index >= 15 is 0 Å². The molecule has 0 aromatic heterocycles. The van der Waals surface area contributed by atoms with Crippen LogP contribution in [-0.2, 0) is 9.53 Å². The maximum absolute atomic E-state index is 11.5. The molecule has 2 unspecified atom stereocenters. The van der Waals surface area contributed by atoms with Gasteiger partial charge in [0, 0.05) is 22.9 Å². The van der Waals surface area contributed by atoms with Crippen LogP contribution in [0, 0.1) is 11.3 Å². The molecule has 0 aromatic carbocycles. The molecule has 0 saturated carbocycles. The summed E-state index contributed by atoms with van der Waals surface area (Å²) in [5, 5.41) is 7.07. The van der Waals surface area contributed by atoms with Gasteiger partial charge in [0.25, 0.3) is 0 Å². The van der Waals surface area contributed by atoms with Crippen LogP contribution in [0.15, 0.2) is 0 Å². The molecule has 0 aliphatic carbocycles. The number of hydrogen-bond donors (Lipinski definition) is 2. The van der Waals surface area contributed by atoms with Crippen LogP contribution >= 0.6 is 22.9 Å². The molecule has 0 heterocycles. The van der Waals surface area contributed by atoms with Crippen LogP contribution in [0.25, 0.3) is 0 Å². The summed E-state index contributed by atoms with van der Waals surface area (Å²) in [6.07, 6.45) is 3.99. The van der Waals surface area contributed by atoms with E-state index in [1.165, 1.54) is 13.3 Å². The van der Waals surface area contributed by atoms with Gasteiger partial charge in [-0.1, -0.05) is 13.3 Å². The van der Waals surface area contributed by atoms with E-state index in [0.29, 0.717) is 0 Å². The topological polar surface area (TPSA) is 62.2 Å². The quantitative estimate of drug-likeness (QED) is 0.327. The largest absolute Gasteiger partial charge is 0.468 e. The fraction of sp³-hybridized carbons (Fsp3) is 0.800. The Kier molecular flexibility index (Phi) is 7.08. The van der Waals surface area contributed by atoms with Crippen molar-refractivity contribution in [3.8, 4) is 0 Å². The predicted octanol–water partition coefficient (Wildman–Crippen LogP) is 2.31. The number of carbonyl (C=O) groups is 1. The Morgan fingerprint density at radius 1 is 1.73 bits per heavy atom. The third-order valence-electron chi connectivity index (χ3n) is 2.47. The summed E-state index contributed by atoms with van der Waals surface area (Å²) in [5.74, 6) is 0.0421. The zero-order valence-electron chi connectivity index (χ0n) is 9.47. The van der Waals surface area contributed by atoms with Gasteiger partial charge in [-0.15, -0.1) is 0 Å². The highest BCUT2D eigenvalue weighted by Crippen LogP contribution is 2.19. The monoisotopic (exact) mass is 326 g/mol. The van der Waals surface area contributed by atoms with Crippen molar-refractivity contribution in [2.75, 3.05) is 7.11 Å². The van der Waals surface area contributed by atoms with Crippen molar-refractivity contribution < 1.29 is 9.53 Å². The summed E-state index contributed by atoms with van der Waals surface area (Å²) < 4.78 is 7.70. The van der Waals surface area contributed by atoms with Crippen LogP contribution in [0.2, 0.25) is 0 Å². The number of hydrogen-bond acceptors (Lipinski definition) is 4. The van der Waals surface area contributed by atoms with E-state index in [2.05, 4.69) is 3.53 Å². The highest BCUT2D eigenvalue weighted by atomic mass is 127. The molecule has 0 radical (unpaired) electrons. The van der Waals surface area contributed by atoms with Gasteiger partial charge in [-0.05, 0) is 31.9 Å². The normalized spacial score (nSPS) is 16.5. The summed E-state index contributed by atoms with van der Waals surface area (Å²) in [5.41, 5.74) is -0.614. The number of nitrogens with one attached hydrogen (secondary N) is 2. The van der Waals surface area contributed by atoms with Crippen molar-refractivity contribution in [1.29, 1.82) is 5.41 Å². The van der Waals surface area contributed by atoms with Crippen LogP contribution < -0.4 is 3.53 Å². The van der Waals surface area contributed by atoms with Gasteiger partial charge < -0.3 is 10.1 Å². The van der Waals surface area contributed by atoms with Crippen LogP contribution in [0.3, 0.4) is 0 Å². The molecular formula is C10H19IN2O2. The number of halogens is 1. The number of ether oxygens (including phenoxy) is 1. The molecule has 0 rings (SSSR count). The second-order valence-corrected chi connectivity index (χ2v) is 4.49. The molecule has 15 heavy (non-hydrogen) atoms. The highest BCUT2D eigenvalue weighted by Gasteiger charge is 2.32. The van der Waals surface area contributed by atoms with Crippen molar-refractivity contribution in [1.82, 2.24) is 3.53 Å². The Hall–Kier alpha value is -0.170. The first-order chi connectivity index (χ1) is 7.00. The Morgan fingerprint density at radius 3 is 2.73 bits per heavy atom. The van der Waals surface area contributed by atoms with Gasteiger partial charge in [-0.25, -0.2) is 3.53 Å². The minimum absolute atomic E-state index is 0.237. The molecule has 0 fully saturated rings. The molecule has 0 aliphatic heterocycles. The van der Waals surface area contributed by atoms with Gasteiger partial charge in [-0.3, -0.25) is 4.79 Å². The summed E-state index contributed by atoms with van der Waals surface area (Å²) >= 11 is 1.98. The Morgan fingerprint density at radius 2 is 2.33 bits per heavy atom. The summed E-state index contributed by atoms with van der Waals surface area (Å²) in [4.78, 5) is 11.5. The zero-order chi connectivity index (χ0) is 11.9. The van der Waals surface area contributed by atoms with Crippen molar-refractivity contribution in [2.45, 2.75) is 38.6 Å². The van der Waals surface area contributed by atoms with E-state index in [1.807, 2.05) is 36.7 Å². The maximum atomic E-state index is 11.5. The lowest BCUT2D eigenvalue weighted by Gasteiger charge is -2.25. The SMILES string of the molecule is COC(=O)C(C)(CCCC(C)C=N)NI. The molecule has 0 saturated heterocycles. The first-order valence-electron chi connectivity index (χ1n) is 4.97. The minimum atomic E-state index is -0.614. The molecule has 5 heteroatoms. The van der Waals surface area contributed by atoms with Gasteiger partial charge in [0.15, 0.2) is 0 Å². The second kappa shape index (κ2) is 7.16. The van der Waals surface area contributed by atoms with E-state index in [-0.39, 0.29) is 11.9 Å². The average Bonchev–Trinajstić information content (AvgIpc) is 2.27. The molecule has 2 atom stereocenters. The van der Waals surface area contributed by atoms with Crippen LogP contribution in [0.1, 0.15) is 33.1 Å². The van der Waals surface area contributed by atoms with Crippen LogP contribution in [0.5, 0.6) is 0 Å². The van der Waals surface area contributed by atoms with E-state index in [9.17, 15) is 4.79 Å². The zero-order valence-corrected chi connectivity index (χ0v) is 11.6. The second-order valence-electron chi connectivity index (χ2n) is 3.95. The van der Waals surface area contributed by atoms with Crippen LogP contribution in [0.4, 0.5) is 0 Å². The molecule has 0 aromatic rings. The Balaban J connectivity index is 4.09. The minimum Gasteiger partial charge on any atom is -0.468 e. The third-order valence-corrected chi connectivity index (χ3v) is 3.66.